The Labute approximate surface area is 197 Å². The van der Waals surface area contributed by atoms with Gasteiger partial charge in [0.15, 0.2) is 5.82 Å². The van der Waals surface area contributed by atoms with Crippen LogP contribution in [0.2, 0.25) is 0 Å². The first kappa shape index (κ1) is 22.9. The quantitative estimate of drug-likeness (QED) is 0.403. The van der Waals surface area contributed by atoms with Crippen molar-refractivity contribution in [3.05, 3.63) is 48.5 Å². The van der Waals surface area contributed by atoms with E-state index in [2.05, 4.69) is 34.3 Å². The van der Waals surface area contributed by atoms with Crippen LogP contribution in [0.4, 0.5) is 11.4 Å². The van der Waals surface area contributed by atoms with Gasteiger partial charge < -0.3 is 25.5 Å². The van der Waals surface area contributed by atoms with E-state index in [-0.39, 0.29) is 23.9 Å². The molecular weight excluding hydrogens is 440 g/mol. The van der Waals surface area contributed by atoms with Crippen molar-refractivity contribution in [2.75, 3.05) is 42.0 Å². The van der Waals surface area contributed by atoms with Gasteiger partial charge in [-0.1, -0.05) is 23.9 Å². The van der Waals surface area contributed by atoms with E-state index in [4.69, 9.17) is 15.3 Å². The highest BCUT2D eigenvalue weighted by Gasteiger charge is 2.22. The van der Waals surface area contributed by atoms with Crippen molar-refractivity contribution in [2.24, 2.45) is 0 Å². The number of anilines is 2. The van der Waals surface area contributed by atoms with Crippen molar-refractivity contribution in [3.8, 4) is 17.1 Å². The number of para-hydroxylation sites is 1. The normalized spacial score (nSPS) is 18.2. The monoisotopic (exact) mass is 468 g/mol. The first-order valence-electron chi connectivity index (χ1n) is 10.7. The van der Waals surface area contributed by atoms with Crippen molar-refractivity contribution >= 4 is 29.0 Å². The Bertz CT molecular complexity index is 1090. The van der Waals surface area contributed by atoms with Crippen LogP contribution < -0.4 is 20.8 Å². The predicted octanol–water partition coefficient (Wildman–Crippen LogP) is 3.01. The van der Waals surface area contributed by atoms with E-state index in [1.165, 1.54) is 16.4 Å². The maximum Gasteiger partial charge on any atom is 0.234 e. The molecule has 3 aromatic rings. The largest absolute Gasteiger partial charge is 0.496 e. The smallest absolute Gasteiger partial charge is 0.234 e. The molecule has 1 fully saturated rings. The number of rotatable bonds is 7. The van der Waals surface area contributed by atoms with Gasteiger partial charge in [-0.15, -0.1) is 10.2 Å². The molecule has 1 aliphatic heterocycles. The Morgan fingerprint density at radius 3 is 2.55 bits per heavy atom. The Kier molecular flexibility index (Phi) is 7.05. The molecule has 174 valence electrons. The van der Waals surface area contributed by atoms with Gasteiger partial charge in [0.1, 0.15) is 5.75 Å². The number of nitrogens with two attached hydrogens (primary N) is 1. The van der Waals surface area contributed by atoms with Gasteiger partial charge in [-0.3, -0.25) is 4.79 Å². The lowest BCUT2D eigenvalue weighted by Gasteiger charge is -2.36. The summed E-state index contributed by atoms with van der Waals surface area (Å²) in [6.07, 6.45) is 0.386. The van der Waals surface area contributed by atoms with Gasteiger partial charge in [0.2, 0.25) is 11.1 Å². The zero-order chi connectivity index (χ0) is 23.4. The van der Waals surface area contributed by atoms with Gasteiger partial charge in [-0.2, -0.15) is 0 Å². The SMILES string of the molecule is COc1ccccc1-c1nnc(SCC(=O)Nc2ccc(N3CC(C)OC(C)C3)cc2)n1N. The molecule has 1 saturated heterocycles. The summed E-state index contributed by atoms with van der Waals surface area (Å²) in [5, 5.41) is 11.6. The minimum Gasteiger partial charge on any atom is -0.496 e. The first-order chi connectivity index (χ1) is 15.9. The number of nitrogen functional groups attached to an aromatic ring is 1. The number of amides is 1. The molecule has 9 nitrogen and oxygen atoms in total. The van der Waals surface area contributed by atoms with E-state index >= 15 is 0 Å². The number of hydrogen-bond acceptors (Lipinski definition) is 8. The molecule has 2 aromatic carbocycles. The summed E-state index contributed by atoms with van der Waals surface area (Å²) in [4.78, 5) is 14.8. The zero-order valence-electron chi connectivity index (χ0n) is 18.9. The molecule has 1 amide bonds. The number of ether oxygens (including phenoxy) is 2. The lowest BCUT2D eigenvalue weighted by atomic mass is 10.2. The lowest BCUT2D eigenvalue weighted by molar-refractivity contribution is -0.113. The highest BCUT2D eigenvalue weighted by Crippen LogP contribution is 2.29. The van der Waals surface area contributed by atoms with E-state index in [0.717, 1.165) is 30.0 Å². The average molecular weight is 469 g/mol. The molecular formula is C23H28N6O3S. The number of carbonyl (C=O) groups is 1. The Morgan fingerprint density at radius 2 is 1.85 bits per heavy atom. The van der Waals surface area contributed by atoms with Crippen molar-refractivity contribution in [3.63, 3.8) is 0 Å². The fraction of sp³-hybridized carbons (Fsp3) is 0.348. The van der Waals surface area contributed by atoms with Gasteiger partial charge in [0.05, 0.1) is 30.6 Å². The molecule has 1 aliphatic rings. The zero-order valence-corrected chi connectivity index (χ0v) is 19.7. The predicted molar refractivity (Wildman–Crippen MR) is 130 cm³/mol. The minimum atomic E-state index is -0.150. The molecule has 0 saturated carbocycles. The second-order valence-corrected chi connectivity index (χ2v) is 8.86. The summed E-state index contributed by atoms with van der Waals surface area (Å²) in [7, 11) is 1.59. The van der Waals surface area contributed by atoms with E-state index in [0.29, 0.717) is 16.7 Å². The molecule has 2 heterocycles. The van der Waals surface area contributed by atoms with Gasteiger partial charge in [-0.25, -0.2) is 4.68 Å². The summed E-state index contributed by atoms with van der Waals surface area (Å²) >= 11 is 1.22. The number of benzene rings is 2. The van der Waals surface area contributed by atoms with Crippen molar-refractivity contribution in [2.45, 2.75) is 31.2 Å². The molecule has 2 atom stereocenters. The second-order valence-electron chi connectivity index (χ2n) is 7.92. The van der Waals surface area contributed by atoms with Crippen LogP contribution in [0.15, 0.2) is 53.7 Å². The third kappa shape index (κ3) is 5.40. The van der Waals surface area contributed by atoms with Crippen LogP contribution in [0.5, 0.6) is 5.75 Å². The fourth-order valence-corrected chi connectivity index (χ4v) is 4.52. The number of methoxy groups -OCH3 is 1. The summed E-state index contributed by atoms with van der Waals surface area (Å²) in [5.74, 6) is 7.30. The highest BCUT2D eigenvalue weighted by atomic mass is 32.2. The van der Waals surface area contributed by atoms with Crippen LogP contribution >= 0.6 is 11.8 Å². The number of nitrogens with one attached hydrogen (secondary N) is 1. The van der Waals surface area contributed by atoms with Crippen molar-refractivity contribution < 1.29 is 14.3 Å². The van der Waals surface area contributed by atoms with Gasteiger partial charge in [0, 0.05) is 24.5 Å². The number of carbonyl (C=O) groups excluding carboxylic acids is 1. The van der Waals surface area contributed by atoms with E-state index in [1.54, 1.807) is 7.11 Å². The number of aromatic nitrogens is 3. The molecule has 0 spiro atoms. The standard InChI is InChI=1S/C23H28N6O3S/c1-15-12-28(13-16(2)32-15)18-10-8-17(9-11-18)25-21(30)14-33-23-27-26-22(29(23)24)19-6-4-5-7-20(19)31-3/h4-11,15-16H,12-14,24H2,1-3H3,(H,25,30). The number of hydrogen-bond donors (Lipinski definition) is 2. The molecule has 33 heavy (non-hydrogen) atoms. The van der Waals surface area contributed by atoms with Crippen molar-refractivity contribution in [1.29, 1.82) is 0 Å². The van der Waals surface area contributed by atoms with E-state index < -0.39 is 0 Å². The van der Waals surface area contributed by atoms with Crippen LogP contribution in [-0.4, -0.2) is 58.9 Å². The third-order valence-corrected chi connectivity index (χ3v) is 6.22. The van der Waals surface area contributed by atoms with E-state index in [9.17, 15) is 4.79 Å². The third-order valence-electron chi connectivity index (χ3n) is 5.28. The summed E-state index contributed by atoms with van der Waals surface area (Å²) in [5.41, 5.74) is 2.59. The molecule has 1 aromatic heterocycles. The highest BCUT2D eigenvalue weighted by molar-refractivity contribution is 7.99. The van der Waals surface area contributed by atoms with Crippen LogP contribution in [-0.2, 0) is 9.53 Å². The number of morpholine rings is 1. The van der Waals surface area contributed by atoms with Crippen molar-refractivity contribution in [1.82, 2.24) is 14.9 Å². The summed E-state index contributed by atoms with van der Waals surface area (Å²) in [6, 6.07) is 15.3. The second kappa shape index (κ2) is 10.1. The number of thioether (sulfide) groups is 1. The van der Waals surface area contributed by atoms with Gasteiger partial charge in [-0.05, 0) is 50.2 Å². The van der Waals surface area contributed by atoms with Gasteiger partial charge >= 0.3 is 0 Å². The average Bonchev–Trinajstić information content (AvgIpc) is 3.17. The molecule has 4 rings (SSSR count). The minimum absolute atomic E-state index is 0.150. The summed E-state index contributed by atoms with van der Waals surface area (Å²) in [6.45, 7) is 5.86. The lowest BCUT2D eigenvalue weighted by Crippen LogP contribution is -2.45. The Morgan fingerprint density at radius 1 is 1.15 bits per heavy atom. The molecule has 10 heteroatoms. The summed E-state index contributed by atoms with van der Waals surface area (Å²) < 4.78 is 12.5. The van der Waals surface area contributed by atoms with E-state index in [1.807, 2.05) is 48.5 Å². The fourth-order valence-electron chi connectivity index (χ4n) is 3.86. The Hall–Kier alpha value is -3.24. The maximum absolute atomic E-state index is 12.5. The van der Waals surface area contributed by atoms with Gasteiger partial charge in [0.25, 0.3) is 0 Å². The van der Waals surface area contributed by atoms with Crippen LogP contribution in [0.25, 0.3) is 11.4 Å². The maximum atomic E-state index is 12.5. The Balaban J connectivity index is 1.34. The number of nitrogens with zero attached hydrogens (tertiary/aromatic N) is 4. The van der Waals surface area contributed by atoms with Crippen LogP contribution in [0, 0.1) is 0 Å². The molecule has 0 aliphatic carbocycles. The molecule has 0 bridgehead atoms. The molecule has 2 unspecified atom stereocenters. The van der Waals surface area contributed by atoms with Crippen LogP contribution in [0.1, 0.15) is 13.8 Å². The first-order valence-corrected chi connectivity index (χ1v) is 11.7. The van der Waals surface area contributed by atoms with Crippen LogP contribution in [0.3, 0.4) is 0 Å². The topological polar surface area (TPSA) is 108 Å². The molecule has 0 radical (unpaired) electrons. The molecule has 3 N–H and O–H groups in total.